The molecule has 0 aliphatic carbocycles. The summed E-state index contributed by atoms with van der Waals surface area (Å²) >= 11 is 21.4. The second-order valence-corrected chi connectivity index (χ2v) is 8.39. The maximum absolute atomic E-state index is 12.1. The van der Waals surface area contributed by atoms with Crippen molar-refractivity contribution in [2.75, 3.05) is 17.7 Å². The molecule has 2 N–H and O–H groups in total. The zero-order chi connectivity index (χ0) is 15.1. The molecule has 0 aromatic carbocycles. The zero-order valence-corrected chi connectivity index (χ0v) is 14.6. The Morgan fingerprint density at radius 2 is 2.20 bits per heavy atom. The van der Waals surface area contributed by atoms with Crippen LogP contribution in [0.1, 0.15) is 0 Å². The number of esters is 1. The highest BCUT2D eigenvalue weighted by molar-refractivity contribution is 9.09. The van der Waals surface area contributed by atoms with Crippen LogP contribution in [0.4, 0.5) is 0 Å². The molecule has 10 heteroatoms. The molecule has 1 saturated heterocycles. The largest absolute Gasteiger partial charge is 0.456 e. The van der Waals surface area contributed by atoms with Crippen LogP contribution in [-0.2, 0) is 14.3 Å². The first kappa shape index (κ1) is 16.7. The van der Waals surface area contributed by atoms with E-state index in [0.717, 1.165) is 5.57 Å². The molecule has 2 atom stereocenters. The molecule has 0 radical (unpaired) electrons. The van der Waals surface area contributed by atoms with E-state index in [9.17, 15) is 9.59 Å². The number of alkyl halides is 4. The number of carbonyl (C=O) groups excluding carboxylic acids is 2. The van der Waals surface area contributed by atoms with Crippen LogP contribution in [0.5, 0.6) is 0 Å². The predicted octanol–water partition coefficient (Wildman–Crippen LogP) is 1.79. The first-order valence-corrected chi connectivity index (χ1v) is 8.79. The van der Waals surface area contributed by atoms with Crippen molar-refractivity contribution in [1.29, 1.82) is 0 Å². The Morgan fingerprint density at radius 3 is 2.75 bits per heavy atom. The zero-order valence-electron chi connectivity index (χ0n) is 9.95. The summed E-state index contributed by atoms with van der Waals surface area (Å²) in [5, 5.41) is 0.213. The molecule has 2 rings (SSSR count). The molecule has 2 aliphatic rings. The summed E-state index contributed by atoms with van der Waals surface area (Å²) < 4.78 is 3.27. The number of thioether (sulfide) groups is 1. The van der Waals surface area contributed by atoms with Gasteiger partial charge in [0.05, 0.1) is 0 Å². The molecule has 0 saturated carbocycles. The summed E-state index contributed by atoms with van der Waals surface area (Å²) in [6, 6.07) is -0.590. The van der Waals surface area contributed by atoms with E-state index in [-0.39, 0.29) is 23.6 Å². The Labute approximate surface area is 143 Å². The van der Waals surface area contributed by atoms with Gasteiger partial charge in [0.15, 0.2) is 0 Å². The average molecular weight is 425 g/mol. The van der Waals surface area contributed by atoms with E-state index in [0.29, 0.717) is 11.1 Å². The summed E-state index contributed by atoms with van der Waals surface area (Å²) in [5.74, 6) is -0.399. The van der Waals surface area contributed by atoms with E-state index in [1.54, 1.807) is 0 Å². The third-order valence-electron chi connectivity index (χ3n) is 2.81. The second-order valence-electron chi connectivity index (χ2n) is 4.21. The number of hydrogen-bond donors (Lipinski definition) is 1. The minimum Gasteiger partial charge on any atom is -0.456 e. The van der Waals surface area contributed by atoms with Gasteiger partial charge in [0, 0.05) is 11.1 Å². The molecule has 0 aromatic heterocycles. The van der Waals surface area contributed by atoms with Crippen molar-refractivity contribution in [3.05, 3.63) is 11.3 Å². The number of carbonyl (C=O) groups is 2. The van der Waals surface area contributed by atoms with Crippen molar-refractivity contribution in [3.63, 3.8) is 0 Å². The number of β-lactam (4-membered cyclic amide) rings is 1. The SMILES string of the molecule is N[C@@H]1C(=O)N2C(C(=O)OCC(Cl)(Cl)Cl)=C(CBr)CS[C@@H]12. The highest BCUT2D eigenvalue weighted by Crippen LogP contribution is 2.40. The third kappa shape index (κ3) is 3.23. The normalized spacial score (nSPS) is 26.2. The van der Waals surface area contributed by atoms with Crippen molar-refractivity contribution in [2.45, 2.75) is 15.2 Å². The highest BCUT2D eigenvalue weighted by atomic mass is 79.9. The smallest absolute Gasteiger partial charge is 0.355 e. The number of fused-ring (bicyclic) bond motifs is 1. The standard InChI is InChI=1S/C10H10BrCl3N2O3S/c11-1-4-2-20-8-5(15)7(17)16(8)6(4)9(18)19-3-10(12,13)14/h5,8H,1-3,15H2/t5-,8+/m1/s1. The summed E-state index contributed by atoms with van der Waals surface area (Å²) in [6.45, 7) is -0.387. The molecule has 1 fully saturated rings. The Balaban J connectivity index is 2.19. The van der Waals surface area contributed by atoms with Crippen LogP contribution in [-0.4, -0.2) is 49.7 Å². The van der Waals surface area contributed by atoms with Crippen LogP contribution < -0.4 is 5.73 Å². The second kappa shape index (κ2) is 6.22. The van der Waals surface area contributed by atoms with Crippen LogP contribution in [0.25, 0.3) is 0 Å². The van der Waals surface area contributed by atoms with E-state index in [1.807, 2.05) is 0 Å². The number of amides is 1. The van der Waals surface area contributed by atoms with Gasteiger partial charge in [0.25, 0.3) is 0 Å². The van der Waals surface area contributed by atoms with Crippen molar-refractivity contribution >= 4 is 74.4 Å². The van der Waals surface area contributed by atoms with E-state index in [1.165, 1.54) is 16.7 Å². The van der Waals surface area contributed by atoms with E-state index >= 15 is 0 Å². The molecule has 0 spiro atoms. The fraction of sp³-hybridized carbons (Fsp3) is 0.600. The number of ether oxygens (including phenoxy) is 1. The predicted molar refractivity (Wildman–Crippen MR) is 83.1 cm³/mol. The number of nitrogens with zero attached hydrogens (tertiary/aromatic N) is 1. The molecular weight excluding hydrogens is 414 g/mol. The third-order valence-corrected chi connectivity index (χ3v) is 5.17. The van der Waals surface area contributed by atoms with Crippen LogP contribution in [0.3, 0.4) is 0 Å². The lowest BCUT2D eigenvalue weighted by atomic mass is 10.0. The lowest BCUT2D eigenvalue weighted by Gasteiger charge is -2.48. The van der Waals surface area contributed by atoms with Crippen molar-refractivity contribution in [1.82, 2.24) is 4.90 Å². The molecule has 0 bridgehead atoms. The Morgan fingerprint density at radius 1 is 1.55 bits per heavy atom. The van der Waals surface area contributed by atoms with Gasteiger partial charge in [-0.3, -0.25) is 9.69 Å². The van der Waals surface area contributed by atoms with Gasteiger partial charge in [-0.1, -0.05) is 50.7 Å². The summed E-state index contributed by atoms with van der Waals surface area (Å²) in [6.07, 6.45) is 0. The fourth-order valence-electron chi connectivity index (χ4n) is 1.89. The summed E-state index contributed by atoms with van der Waals surface area (Å²) in [4.78, 5) is 25.3. The minimum atomic E-state index is -1.69. The fourth-order valence-corrected chi connectivity index (χ4v) is 4.07. The van der Waals surface area contributed by atoms with Gasteiger partial charge in [-0.15, -0.1) is 11.8 Å². The van der Waals surface area contributed by atoms with Crippen LogP contribution in [0.15, 0.2) is 11.3 Å². The van der Waals surface area contributed by atoms with Gasteiger partial charge >= 0.3 is 5.97 Å². The first-order chi connectivity index (χ1) is 9.26. The Bertz CT molecular complexity index is 483. The topological polar surface area (TPSA) is 72.6 Å². The lowest BCUT2D eigenvalue weighted by Crippen LogP contribution is -2.68. The highest BCUT2D eigenvalue weighted by Gasteiger charge is 2.52. The van der Waals surface area contributed by atoms with Gasteiger partial charge in [0.2, 0.25) is 9.70 Å². The van der Waals surface area contributed by atoms with Crippen LogP contribution in [0.2, 0.25) is 0 Å². The number of rotatable bonds is 3. The van der Waals surface area contributed by atoms with Crippen molar-refractivity contribution in [3.8, 4) is 0 Å². The summed E-state index contributed by atoms with van der Waals surface area (Å²) in [5.41, 5.74) is 6.66. The van der Waals surface area contributed by atoms with Gasteiger partial charge < -0.3 is 10.5 Å². The maximum atomic E-state index is 12.1. The first-order valence-electron chi connectivity index (χ1n) is 5.48. The number of nitrogens with two attached hydrogens (primary N) is 1. The van der Waals surface area contributed by atoms with Gasteiger partial charge in [-0.05, 0) is 5.57 Å². The molecule has 0 unspecified atom stereocenters. The Kier molecular flexibility index (Phi) is 5.20. The molecule has 5 nitrogen and oxygen atoms in total. The molecule has 0 aromatic rings. The molecule has 112 valence electrons. The Hall–Kier alpha value is 0.340. The van der Waals surface area contributed by atoms with Crippen molar-refractivity contribution < 1.29 is 14.3 Å². The molecule has 20 heavy (non-hydrogen) atoms. The quantitative estimate of drug-likeness (QED) is 0.425. The van der Waals surface area contributed by atoms with Crippen molar-refractivity contribution in [2.24, 2.45) is 5.73 Å². The van der Waals surface area contributed by atoms with E-state index < -0.39 is 15.8 Å². The summed E-state index contributed by atoms with van der Waals surface area (Å²) in [7, 11) is 0. The monoisotopic (exact) mass is 422 g/mol. The molecular formula is C10H10BrCl3N2O3S. The molecule has 1 amide bonds. The molecule has 2 heterocycles. The number of hydrogen-bond acceptors (Lipinski definition) is 5. The minimum absolute atomic E-state index is 0.201. The van der Waals surface area contributed by atoms with E-state index in [4.69, 9.17) is 45.3 Å². The maximum Gasteiger partial charge on any atom is 0.355 e. The lowest BCUT2D eigenvalue weighted by molar-refractivity contribution is -0.150. The van der Waals surface area contributed by atoms with Crippen LogP contribution in [0, 0.1) is 0 Å². The van der Waals surface area contributed by atoms with Gasteiger partial charge in [0.1, 0.15) is 23.7 Å². The van der Waals surface area contributed by atoms with Gasteiger partial charge in [-0.25, -0.2) is 4.79 Å². The average Bonchev–Trinajstić information content (AvgIpc) is 2.41. The van der Waals surface area contributed by atoms with E-state index in [2.05, 4.69) is 15.9 Å². The molecule has 2 aliphatic heterocycles. The number of halogens is 4. The van der Waals surface area contributed by atoms with Gasteiger partial charge in [-0.2, -0.15) is 0 Å². The van der Waals surface area contributed by atoms with Crippen LogP contribution >= 0.6 is 62.5 Å².